The van der Waals surface area contributed by atoms with Gasteiger partial charge in [0.15, 0.2) is 0 Å². The van der Waals surface area contributed by atoms with Crippen molar-refractivity contribution in [2.24, 2.45) is 0 Å². The number of ether oxygens (including phenoxy) is 2. The van der Waals surface area contributed by atoms with Crippen LogP contribution in [0.15, 0.2) is 48.5 Å². The predicted molar refractivity (Wildman–Crippen MR) is 109 cm³/mol. The Morgan fingerprint density at radius 3 is 2.50 bits per heavy atom. The highest BCUT2D eigenvalue weighted by molar-refractivity contribution is 5.79. The van der Waals surface area contributed by atoms with Crippen molar-refractivity contribution < 1.29 is 19.1 Å². The third-order valence-electron chi connectivity index (χ3n) is 4.60. The first-order valence-electron chi connectivity index (χ1n) is 9.64. The summed E-state index contributed by atoms with van der Waals surface area (Å²) in [7, 11) is 0. The molecule has 2 atom stereocenters. The molecule has 0 aliphatic heterocycles. The highest BCUT2D eigenvalue weighted by Gasteiger charge is 2.29. The van der Waals surface area contributed by atoms with Gasteiger partial charge in [-0.3, -0.25) is 4.79 Å². The van der Waals surface area contributed by atoms with Crippen molar-refractivity contribution in [3.05, 3.63) is 54.1 Å². The lowest BCUT2D eigenvalue weighted by Crippen LogP contribution is -2.38. The maximum Gasteiger partial charge on any atom is 0.407 e. The highest BCUT2D eigenvalue weighted by atomic mass is 16.6. The summed E-state index contributed by atoms with van der Waals surface area (Å²) in [5.74, 6) is 0.789. The van der Waals surface area contributed by atoms with E-state index in [0.29, 0.717) is 5.56 Å². The van der Waals surface area contributed by atoms with Crippen LogP contribution >= 0.6 is 0 Å². The van der Waals surface area contributed by atoms with Crippen LogP contribution in [0.25, 0.3) is 11.1 Å². The van der Waals surface area contributed by atoms with E-state index in [9.17, 15) is 9.59 Å². The van der Waals surface area contributed by atoms with Gasteiger partial charge in [0.05, 0.1) is 0 Å². The monoisotopic (exact) mass is 381 g/mol. The number of nitrogens with one attached hydrogen (secondary N) is 1. The predicted octanol–water partition coefficient (Wildman–Crippen LogP) is 4.99. The van der Waals surface area contributed by atoms with Gasteiger partial charge >= 0.3 is 6.09 Å². The largest absolute Gasteiger partial charge is 0.490 e. The zero-order valence-electron chi connectivity index (χ0n) is 16.6. The van der Waals surface area contributed by atoms with Crippen LogP contribution in [0.5, 0.6) is 5.75 Å². The summed E-state index contributed by atoms with van der Waals surface area (Å²) >= 11 is 0. The van der Waals surface area contributed by atoms with E-state index in [1.807, 2.05) is 63.2 Å². The molecule has 0 unspecified atom stereocenters. The molecule has 1 N–H and O–H groups in total. The fourth-order valence-electron chi connectivity index (χ4n) is 3.39. The second kappa shape index (κ2) is 8.46. The van der Waals surface area contributed by atoms with E-state index >= 15 is 0 Å². The van der Waals surface area contributed by atoms with Crippen LogP contribution < -0.4 is 10.1 Å². The van der Waals surface area contributed by atoms with Crippen LogP contribution in [0.3, 0.4) is 0 Å². The van der Waals surface area contributed by atoms with Crippen molar-refractivity contribution in [1.82, 2.24) is 5.32 Å². The average molecular weight is 381 g/mol. The van der Waals surface area contributed by atoms with Gasteiger partial charge in [-0.25, -0.2) is 4.79 Å². The first-order valence-corrected chi connectivity index (χ1v) is 9.64. The fraction of sp³-hybridized carbons (Fsp3) is 0.391. The Balaban J connectivity index is 1.59. The molecule has 3 rings (SSSR count). The van der Waals surface area contributed by atoms with Crippen molar-refractivity contribution >= 4 is 12.4 Å². The van der Waals surface area contributed by atoms with Gasteiger partial charge in [-0.2, -0.15) is 0 Å². The Labute approximate surface area is 166 Å². The van der Waals surface area contributed by atoms with Crippen molar-refractivity contribution in [2.45, 2.75) is 57.8 Å². The zero-order chi connectivity index (χ0) is 20.1. The van der Waals surface area contributed by atoms with Crippen LogP contribution in [-0.4, -0.2) is 30.1 Å². The second-order valence-corrected chi connectivity index (χ2v) is 8.17. The van der Waals surface area contributed by atoms with E-state index in [1.54, 1.807) is 6.07 Å². The summed E-state index contributed by atoms with van der Waals surface area (Å²) < 4.78 is 11.5. The van der Waals surface area contributed by atoms with E-state index in [-0.39, 0.29) is 18.2 Å². The Morgan fingerprint density at radius 1 is 1.07 bits per heavy atom. The number of hydrogen-bond acceptors (Lipinski definition) is 4. The van der Waals surface area contributed by atoms with Crippen molar-refractivity contribution in [2.75, 3.05) is 0 Å². The first-order chi connectivity index (χ1) is 13.3. The molecule has 1 saturated carbocycles. The Hall–Kier alpha value is -2.82. The van der Waals surface area contributed by atoms with Gasteiger partial charge in [0.25, 0.3) is 0 Å². The van der Waals surface area contributed by atoms with Crippen LogP contribution in [0.2, 0.25) is 0 Å². The van der Waals surface area contributed by atoms with Gasteiger partial charge in [0.2, 0.25) is 0 Å². The molecule has 2 aromatic rings. The summed E-state index contributed by atoms with van der Waals surface area (Å²) in [6.45, 7) is 5.56. The van der Waals surface area contributed by atoms with Gasteiger partial charge in [-0.05, 0) is 62.9 Å². The molecule has 0 aromatic heterocycles. The number of amides is 1. The minimum absolute atomic E-state index is 0.0523. The molecule has 1 aliphatic carbocycles. The molecule has 148 valence electrons. The number of benzene rings is 2. The molecule has 2 aromatic carbocycles. The lowest BCUT2D eigenvalue weighted by molar-refractivity contribution is 0.0503. The van der Waals surface area contributed by atoms with E-state index < -0.39 is 5.60 Å². The maximum atomic E-state index is 11.9. The molecule has 1 aliphatic rings. The Morgan fingerprint density at radius 2 is 1.79 bits per heavy atom. The third kappa shape index (κ3) is 5.59. The van der Waals surface area contributed by atoms with Gasteiger partial charge in [0.1, 0.15) is 23.7 Å². The van der Waals surface area contributed by atoms with E-state index in [1.165, 1.54) is 0 Å². The lowest BCUT2D eigenvalue weighted by atomic mass is 10.0. The number of carbonyl (C=O) groups is 2. The molecule has 1 amide bonds. The number of rotatable bonds is 5. The minimum Gasteiger partial charge on any atom is -0.490 e. The molecule has 0 bridgehead atoms. The summed E-state index contributed by atoms with van der Waals surface area (Å²) in [4.78, 5) is 22.9. The zero-order valence-corrected chi connectivity index (χ0v) is 16.6. The van der Waals surface area contributed by atoms with Gasteiger partial charge < -0.3 is 14.8 Å². The van der Waals surface area contributed by atoms with Crippen molar-refractivity contribution in [3.8, 4) is 16.9 Å². The summed E-state index contributed by atoms with van der Waals surface area (Å²) in [6, 6.07) is 15.4. The van der Waals surface area contributed by atoms with Gasteiger partial charge in [-0.15, -0.1) is 0 Å². The van der Waals surface area contributed by atoms with E-state index in [0.717, 1.165) is 42.4 Å². The van der Waals surface area contributed by atoms with E-state index in [2.05, 4.69) is 5.32 Å². The molecule has 0 heterocycles. The average Bonchev–Trinajstić information content (AvgIpc) is 3.07. The summed E-state index contributed by atoms with van der Waals surface area (Å²) in [5.41, 5.74) is 2.13. The molecular weight excluding hydrogens is 354 g/mol. The fourth-order valence-corrected chi connectivity index (χ4v) is 3.39. The topological polar surface area (TPSA) is 64.6 Å². The van der Waals surface area contributed by atoms with Crippen LogP contribution in [0.1, 0.15) is 50.4 Å². The molecular formula is C23H27NO4. The smallest absolute Gasteiger partial charge is 0.407 e. The van der Waals surface area contributed by atoms with E-state index in [4.69, 9.17) is 9.47 Å². The third-order valence-corrected chi connectivity index (χ3v) is 4.60. The SMILES string of the molecule is CC(C)(C)OC(=O)N[C@@H]1CC[C@@H](Oc2cccc(-c3cccc(C=O)c3)c2)C1. The second-order valence-electron chi connectivity index (χ2n) is 8.17. The molecule has 0 saturated heterocycles. The standard InChI is InChI=1S/C23H27NO4/c1-23(2,3)28-22(26)24-19-10-11-21(14-19)27-20-9-5-8-18(13-20)17-7-4-6-16(12-17)15-25/h4-9,12-13,15,19,21H,10-11,14H2,1-3H3,(H,24,26)/t19-,21-/m1/s1. The number of carbonyl (C=O) groups excluding carboxylic acids is 2. The summed E-state index contributed by atoms with van der Waals surface area (Å²) in [5, 5.41) is 2.93. The van der Waals surface area contributed by atoms with Gasteiger partial charge in [0, 0.05) is 18.0 Å². The number of hydrogen-bond donors (Lipinski definition) is 1. The molecule has 5 nitrogen and oxygen atoms in total. The number of alkyl carbamates (subject to hydrolysis) is 1. The highest BCUT2D eigenvalue weighted by Crippen LogP contribution is 2.29. The molecule has 28 heavy (non-hydrogen) atoms. The van der Waals surface area contributed by atoms with Crippen LogP contribution in [0.4, 0.5) is 4.79 Å². The quantitative estimate of drug-likeness (QED) is 0.741. The van der Waals surface area contributed by atoms with Crippen molar-refractivity contribution in [1.29, 1.82) is 0 Å². The summed E-state index contributed by atoms with van der Waals surface area (Å²) in [6.07, 6.45) is 3.02. The first kappa shape index (κ1) is 19.9. The molecule has 0 spiro atoms. The Bertz CT molecular complexity index is 840. The van der Waals surface area contributed by atoms with Crippen LogP contribution in [0, 0.1) is 0 Å². The lowest BCUT2D eigenvalue weighted by Gasteiger charge is -2.21. The molecule has 5 heteroatoms. The maximum absolute atomic E-state index is 11.9. The van der Waals surface area contributed by atoms with Gasteiger partial charge in [-0.1, -0.05) is 30.3 Å². The van der Waals surface area contributed by atoms with Crippen LogP contribution in [-0.2, 0) is 4.74 Å². The van der Waals surface area contributed by atoms with Crippen molar-refractivity contribution in [3.63, 3.8) is 0 Å². The number of aldehydes is 1. The molecule has 0 radical (unpaired) electrons. The minimum atomic E-state index is -0.500. The normalized spacial score (nSPS) is 19.1. The Kier molecular flexibility index (Phi) is 6.02. The molecule has 1 fully saturated rings.